The average Bonchev–Trinajstić information content (AvgIpc) is 2.33. The van der Waals surface area contributed by atoms with Crippen molar-refractivity contribution in [1.29, 1.82) is 0 Å². The van der Waals surface area contributed by atoms with Crippen LogP contribution in [-0.4, -0.2) is 9.78 Å². The van der Waals surface area contributed by atoms with Gasteiger partial charge in [-0.25, -0.2) is 0 Å². The van der Waals surface area contributed by atoms with Crippen LogP contribution in [0.3, 0.4) is 0 Å². The summed E-state index contributed by atoms with van der Waals surface area (Å²) in [7, 11) is 0. The minimum Gasteiger partial charge on any atom is -0.268 e. The van der Waals surface area contributed by atoms with Gasteiger partial charge in [0.25, 0.3) is 0 Å². The van der Waals surface area contributed by atoms with Crippen LogP contribution < -0.4 is 0 Å². The summed E-state index contributed by atoms with van der Waals surface area (Å²) in [5, 5.41) is 4.26. The van der Waals surface area contributed by atoms with Gasteiger partial charge in [-0.2, -0.15) is 5.10 Å². The van der Waals surface area contributed by atoms with Crippen molar-refractivity contribution in [1.82, 2.24) is 9.78 Å². The molecule has 2 heteroatoms. The fourth-order valence-electron chi connectivity index (χ4n) is 1.72. The van der Waals surface area contributed by atoms with Gasteiger partial charge in [0, 0.05) is 6.54 Å². The summed E-state index contributed by atoms with van der Waals surface area (Å²) in [5.74, 6) is 2.68. The molecule has 0 aliphatic carbocycles. The van der Waals surface area contributed by atoms with Crippen molar-refractivity contribution in [3.8, 4) is 12.3 Å². The first-order valence-electron chi connectivity index (χ1n) is 4.43. The zero-order chi connectivity index (χ0) is 8.39. The molecule has 0 amide bonds. The van der Waals surface area contributed by atoms with Crippen LogP contribution in [-0.2, 0) is 13.0 Å². The van der Waals surface area contributed by atoms with Crippen molar-refractivity contribution in [2.75, 3.05) is 0 Å². The highest BCUT2D eigenvalue weighted by Crippen LogP contribution is 2.16. The lowest BCUT2D eigenvalue weighted by Gasteiger charge is -2.00. The number of aryl methyl sites for hydroxylation is 1. The summed E-state index contributed by atoms with van der Waals surface area (Å²) < 4.78 is 2.06. The van der Waals surface area contributed by atoms with E-state index in [-0.39, 0.29) is 0 Å². The first-order chi connectivity index (χ1) is 5.92. The summed E-state index contributed by atoms with van der Waals surface area (Å²) in [6, 6.07) is 0. The van der Waals surface area contributed by atoms with Gasteiger partial charge in [0.05, 0.1) is 17.5 Å². The molecule has 1 aliphatic rings. The van der Waals surface area contributed by atoms with E-state index in [1.165, 1.54) is 25.0 Å². The first-order valence-corrected chi connectivity index (χ1v) is 4.43. The first kappa shape index (κ1) is 7.42. The van der Waals surface area contributed by atoms with Crippen LogP contribution in [0.5, 0.6) is 0 Å². The molecule has 62 valence electrons. The lowest BCUT2D eigenvalue weighted by atomic mass is 10.1. The van der Waals surface area contributed by atoms with E-state index in [0.717, 1.165) is 18.5 Å². The molecule has 0 aromatic carbocycles. The lowest BCUT2D eigenvalue weighted by molar-refractivity contribution is 0.576. The normalized spacial score (nSPS) is 16.2. The topological polar surface area (TPSA) is 17.8 Å². The van der Waals surface area contributed by atoms with Crippen LogP contribution in [0, 0.1) is 12.3 Å². The van der Waals surface area contributed by atoms with Crippen molar-refractivity contribution in [2.45, 2.75) is 32.2 Å². The maximum Gasteiger partial charge on any atom is 0.0654 e. The second-order valence-electron chi connectivity index (χ2n) is 3.18. The highest BCUT2D eigenvalue weighted by atomic mass is 15.3. The maximum atomic E-state index is 5.37. The number of fused-ring (bicyclic) bond motifs is 1. The van der Waals surface area contributed by atoms with Crippen LogP contribution in [0.1, 0.15) is 30.5 Å². The molecular formula is C10H12N2. The lowest BCUT2D eigenvalue weighted by Crippen LogP contribution is -2.02. The molecule has 0 radical (unpaired) electrons. The molecule has 0 bridgehead atoms. The van der Waals surface area contributed by atoms with Gasteiger partial charge in [0.15, 0.2) is 0 Å². The van der Waals surface area contributed by atoms with Gasteiger partial charge in [0.1, 0.15) is 0 Å². The predicted octanol–water partition coefficient (Wildman–Crippen LogP) is 1.59. The number of terminal acetylenes is 1. The molecular weight excluding hydrogens is 148 g/mol. The molecule has 0 unspecified atom stereocenters. The van der Waals surface area contributed by atoms with E-state index >= 15 is 0 Å². The third-order valence-electron chi connectivity index (χ3n) is 2.39. The van der Waals surface area contributed by atoms with Crippen LogP contribution in [0.25, 0.3) is 0 Å². The van der Waals surface area contributed by atoms with Crippen LogP contribution in [0.4, 0.5) is 0 Å². The smallest absolute Gasteiger partial charge is 0.0654 e. The Hall–Kier alpha value is -1.23. The van der Waals surface area contributed by atoms with E-state index in [2.05, 4.69) is 15.7 Å². The van der Waals surface area contributed by atoms with Gasteiger partial charge in [-0.1, -0.05) is 12.3 Å². The van der Waals surface area contributed by atoms with Crippen LogP contribution >= 0.6 is 0 Å². The van der Waals surface area contributed by atoms with E-state index in [1.807, 2.05) is 0 Å². The summed E-state index contributed by atoms with van der Waals surface area (Å²) >= 11 is 0. The molecule has 1 aromatic rings. The van der Waals surface area contributed by atoms with E-state index in [1.54, 1.807) is 6.20 Å². The minimum atomic E-state index is 0.983. The number of aromatic nitrogens is 2. The standard InChI is InChI=1S/C10H12N2/c1-2-9-8-11-12-7-5-3-4-6-10(9)12/h1,8H,3-7H2. The van der Waals surface area contributed by atoms with Gasteiger partial charge < -0.3 is 0 Å². The van der Waals surface area contributed by atoms with Crippen LogP contribution in [0.15, 0.2) is 6.20 Å². The van der Waals surface area contributed by atoms with Gasteiger partial charge in [-0.15, -0.1) is 6.42 Å². The Balaban J connectivity index is 2.40. The molecule has 2 nitrogen and oxygen atoms in total. The molecule has 1 aromatic heterocycles. The summed E-state index contributed by atoms with van der Waals surface area (Å²) in [6.07, 6.45) is 12.1. The van der Waals surface area contributed by atoms with Gasteiger partial charge in [-0.05, 0) is 19.3 Å². The fraction of sp³-hybridized carbons (Fsp3) is 0.500. The Kier molecular flexibility index (Phi) is 1.87. The Morgan fingerprint density at radius 3 is 3.17 bits per heavy atom. The second kappa shape index (κ2) is 3.02. The van der Waals surface area contributed by atoms with E-state index < -0.39 is 0 Å². The van der Waals surface area contributed by atoms with Gasteiger partial charge in [0.2, 0.25) is 0 Å². The number of hydrogen-bond donors (Lipinski definition) is 0. The summed E-state index contributed by atoms with van der Waals surface area (Å²) in [4.78, 5) is 0. The molecule has 0 fully saturated rings. The number of hydrogen-bond acceptors (Lipinski definition) is 1. The highest BCUT2D eigenvalue weighted by molar-refractivity contribution is 5.34. The number of nitrogens with zero attached hydrogens (tertiary/aromatic N) is 2. The molecule has 0 atom stereocenters. The number of rotatable bonds is 0. The zero-order valence-electron chi connectivity index (χ0n) is 7.08. The molecule has 0 N–H and O–H groups in total. The largest absolute Gasteiger partial charge is 0.268 e. The SMILES string of the molecule is C#Cc1cnn2c1CCCCC2. The van der Waals surface area contributed by atoms with Gasteiger partial charge in [-0.3, -0.25) is 4.68 Å². The Labute approximate surface area is 72.6 Å². The quantitative estimate of drug-likeness (QED) is 0.527. The van der Waals surface area contributed by atoms with Crippen molar-refractivity contribution in [2.24, 2.45) is 0 Å². The molecule has 0 saturated heterocycles. The third kappa shape index (κ3) is 1.12. The third-order valence-corrected chi connectivity index (χ3v) is 2.39. The predicted molar refractivity (Wildman–Crippen MR) is 47.7 cm³/mol. The molecule has 12 heavy (non-hydrogen) atoms. The molecule has 2 rings (SSSR count). The summed E-state index contributed by atoms with van der Waals surface area (Å²) in [6.45, 7) is 1.04. The monoisotopic (exact) mass is 160 g/mol. The van der Waals surface area contributed by atoms with Crippen molar-refractivity contribution >= 4 is 0 Å². The molecule has 1 aliphatic heterocycles. The molecule has 0 spiro atoms. The Bertz CT molecular complexity index is 317. The minimum absolute atomic E-state index is 0.983. The zero-order valence-corrected chi connectivity index (χ0v) is 7.08. The van der Waals surface area contributed by atoms with Crippen molar-refractivity contribution in [3.63, 3.8) is 0 Å². The Morgan fingerprint density at radius 1 is 1.42 bits per heavy atom. The maximum absolute atomic E-state index is 5.37. The highest BCUT2D eigenvalue weighted by Gasteiger charge is 2.11. The van der Waals surface area contributed by atoms with Crippen molar-refractivity contribution < 1.29 is 0 Å². The average molecular weight is 160 g/mol. The van der Waals surface area contributed by atoms with Crippen molar-refractivity contribution in [3.05, 3.63) is 17.5 Å². The molecule has 0 saturated carbocycles. The van der Waals surface area contributed by atoms with Gasteiger partial charge >= 0.3 is 0 Å². The molecule has 2 heterocycles. The van der Waals surface area contributed by atoms with Crippen LogP contribution in [0.2, 0.25) is 0 Å². The fourth-order valence-corrected chi connectivity index (χ4v) is 1.72. The summed E-state index contributed by atoms with van der Waals surface area (Å²) in [5.41, 5.74) is 2.24. The van der Waals surface area contributed by atoms with E-state index in [0.29, 0.717) is 0 Å². The Morgan fingerprint density at radius 2 is 2.33 bits per heavy atom. The second-order valence-corrected chi connectivity index (χ2v) is 3.18. The van der Waals surface area contributed by atoms with E-state index in [4.69, 9.17) is 6.42 Å². The van der Waals surface area contributed by atoms with E-state index in [9.17, 15) is 0 Å².